The second kappa shape index (κ2) is 5.39. The Morgan fingerprint density at radius 3 is 2.83 bits per heavy atom. The van der Waals surface area contributed by atoms with E-state index in [9.17, 15) is 4.79 Å². The maximum absolute atomic E-state index is 13.0. The van der Waals surface area contributed by atoms with E-state index in [1.54, 1.807) is 17.0 Å². The van der Waals surface area contributed by atoms with Gasteiger partial charge < -0.3 is 4.90 Å². The van der Waals surface area contributed by atoms with E-state index in [4.69, 9.17) is 5.26 Å². The van der Waals surface area contributed by atoms with Crippen LogP contribution in [0.2, 0.25) is 0 Å². The Balaban J connectivity index is 1.76. The Labute approximate surface area is 133 Å². The van der Waals surface area contributed by atoms with Gasteiger partial charge in [-0.3, -0.25) is 9.69 Å². The molecule has 2 aromatic carbocycles. The maximum Gasteiger partial charge on any atom is 0.259 e. The lowest BCUT2D eigenvalue weighted by molar-refractivity contribution is 0.0617. The SMILES string of the molecule is N#Cc1ccc2c(c1)C(=O)N(Cc1ccccc1)C1NNCN21. The fraction of sp³-hybridized carbons (Fsp3) is 0.176. The lowest BCUT2D eigenvalue weighted by atomic mass is 10.0. The van der Waals surface area contributed by atoms with Crippen molar-refractivity contribution in [1.29, 1.82) is 5.26 Å². The largest absolute Gasteiger partial charge is 0.323 e. The number of anilines is 1. The number of hydrogen-bond acceptors (Lipinski definition) is 5. The fourth-order valence-electron chi connectivity index (χ4n) is 3.08. The second-order valence-corrected chi connectivity index (χ2v) is 5.59. The normalized spacial score (nSPS) is 19.3. The van der Waals surface area contributed by atoms with Crippen molar-refractivity contribution in [2.75, 3.05) is 11.6 Å². The highest BCUT2D eigenvalue weighted by atomic mass is 16.2. The number of nitrogens with one attached hydrogen (secondary N) is 2. The van der Waals surface area contributed by atoms with Crippen LogP contribution >= 0.6 is 0 Å². The number of carbonyl (C=O) groups excluding carboxylic acids is 1. The van der Waals surface area contributed by atoms with Crippen LogP contribution in [0.4, 0.5) is 5.69 Å². The number of hydrazine groups is 1. The summed E-state index contributed by atoms with van der Waals surface area (Å²) < 4.78 is 0. The lowest BCUT2D eigenvalue weighted by Crippen LogP contribution is -2.56. The minimum absolute atomic E-state index is 0.0709. The summed E-state index contributed by atoms with van der Waals surface area (Å²) >= 11 is 0. The van der Waals surface area contributed by atoms with E-state index in [1.165, 1.54) is 0 Å². The van der Waals surface area contributed by atoms with Crippen molar-refractivity contribution in [1.82, 2.24) is 15.8 Å². The first-order valence-corrected chi connectivity index (χ1v) is 7.42. The molecule has 0 aliphatic carbocycles. The van der Waals surface area contributed by atoms with Gasteiger partial charge in [0, 0.05) is 6.54 Å². The van der Waals surface area contributed by atoms with Gasteiger partial charge in [-0.25, -0.2) is 10.9 Å². The summed E-state index contributed by atoms with van der Waals surface area (Å²) in [4.78, 5) is 16.8. The first kappa shape index (κ1) is 13.8. The van der Waals surface area contributed by atoms with E-state index in [2.05, 4.69) is 21.8 Å². The Hall–Kier alpha value is -2.88. The van der Waals surface area contributed by atoms with E-state index in [-0.39, 0.29) is 12.2 Å². The summed E-state index contributed by atoms with van der Waals surface area (Å²) in [6.07, 6.45) is -0.233. The molecule has 0 spiro atoms. The molecule has 2 aromatic rings. The minimum Gasteiger partial charge on any atom is -0.323 e. The monoisotopic (exact) mass is 305 g/mol. The van der Waals surface area contributed by atoms with Gasteiger partial charge in [0.1, 0.15) is 0 Å². The molecule has 23 heavy (non-hydrogen) atoms. The number of carbonyl (C=O) groups is 1. The Morgan fingerprint density at radius 1 is 1.22 bits per heavy atom. The molecular formula is C17H15N5O. The van der Waals surface area contributed by atoms with Crippen molar-refractivity contribution >= 4 is 11.6 Å². The molecule has 1 atom stereocenters. The van der Waals surface area contributed by atoms with Gasteiger partial charge in [0.05, 0.1) is 29.6 Å². The molecule has 0 bridgehead atoms. The van der Waals surface area contributed by atoms with Gasteiger partial charge in [-0.2, -0.15) is 5.26 Å². The molecule has 1 amide bonds. The third-order valence-corrected chi connectivity index (χ3v) is 4.19. The van der Waals surface area contributed by atoms with Crippen LogP contribution < -0.4 is 15.8 Å². The van der Waals surface area contributed by atoms with Gasteiger partial charge in [-0.1, -0.05) is 30.3 Å². The molecule has 0 radical (unpaired) electrons. The molecule has 2 N–H and O–H groups in total. The van der Waals surface area contributed by atoms with Gasteiger partial charge >= 0.3 is 0 Å². The first-order valence-electron chi connectivity index (χ1n) is 7.42. The smallest absolute Gasteiger partial charge is 0.259 e. The topological polar surface area (TPSA) is 71.4 Å². The predicted molar refractivity (Wildman–Crippen MR) is 84.9 cm³/mol. The molecule has 2 aliphatic heterocycles. The summed E-state index contributed by atoms with van der Waals surface area (Å²) in [5.74, 6) is -0.0709. The third-order valence-electron chi connectivity index (χ3n) is 4.19. The van der Waals surface area contributed by atoms with Crippen molar-refractivity contribution in [3.05, 3.63) is 65.2 Å². The van der Waals surface area contributed by atoms with Gasteiger partial charge in [0.25, 0.3) is 5.91 Å². The van der Waals surface area contributed by atoms with E-state index in [0.29, 0.717) is 24.3 Å². The van der Waals surface area contributed by atoms with E-state index < -0.39 is 0 Å². The van der Waals surface area contributed by atoms with Crippen LogP contribution in [0.3, 0.4) is 0 Å². The molecule has 0 saturated carbocycles. The van der Waals surface area contributed by atoms with Gasteiger partial charge in [0.15, 0.2) is 6.29 Å². The summed E-state index contributed by atoms with van der Waals surface area (Å²) in [5, 5.41) is 9.10. The van der Waals surface area contributed by atoms with E-state index in [1.807, 2.05) is 36.4 Å². The number of amides is 1. The number of benzene rings is 2. The van der Waals surface area contributed by atoms with Crippen molar-refractivity contribution < 1.29 is 4.79 Å². The number of nitriles is 1. The zero-order valence-electron chi connectivity index (χ0n) is 12.4. The fourth-order valence-corrected chi connectivity index (χ4v) is 3.08. The highest BCUT2D eigenvalue weighted by Crippen LogP contribution is 2.32. The number of nitrogens with zero attached hydrogens (tertiary/aromatic N) is 3. The van der Waals surface area contributed by atoms with Crippen LogP contribution in [0, 0.1) is 11.3 Å². The van der Waals surface area contributed by atoms with Crippen molar-refractivity contribution in [3.63, 3.8) is 0 Å². The summed E-state index contributed by atoms with van der Waals surface area (Å²) in [7, 11) is 0. The molecule has 6 heteroatoms. The van der Waals surface area contributed by atoms with E-state index in [0.717, 1.165) is 11.3 Å². The van der Waals surface area contributed by atoms with Crippen LogP contribution in [0.15, 0.2) is 48.5 Å². The zero-order valence-corrected chi connectivity index (χ0v) is 12.4. The summed E-state index contributed by atoms with van der Waals surface area (Å²) in [5.41, 5.74) is 9.21. The van der Waals surface area contributed by atoms with Crippen LogP contribution in [-0.4, -0.2) is 23.8 Å². The van der Waals surface area contributed by atoms with Crippen LogP contribution in [0.1, 0.15) is 21.5 Å². The minimum atomic E-state index is -0.233. The first-order chi connectivity index (χ1) is 11.3. The molecule has 4 rings (SSSR count). The highest BCUT2D eigenvalue weighted by Gasteiger charge is 2.40. The molecule has 114 valence electrons. The molecule has 6 nitrogen and oxygen atoms in total. The third kappa shape index (κ3) is 2.23. The number of rotatable bonds is 2. The standard InChI is InChI=1S/C17H15N5O/c18-9-13-6-7-15-14(8-13)16(23)21(17-20-19-11-22(15)17)10-12-4-2-1-3-5-12/h1-8,17,19-20H,10-11H2. The Morgan fingerprint density at radius 2 is 2.04 bits per heavy atom. The van der Waals surface area contributed by atoms with Crippen molar-refractivity contribution in [3.8, 4) is 6.07 Å². The van der Waals surface area contributed by atoms with Crippen molar-refractivity contribution in [2.24, 2.45) is 0 Å². The summed E-state index contributed by atoms with van der Waals surface area (Å²) in [6.45, 7) is 1.11. The Bertz CT molecular complexity index is 798. The quantitative estimate of drug-likeness (QED) is 0.877. The predicted octanol–water partition coefficient (Wildman–Crippen LogP) is 1.37. The summed E-state index contributed by atoms with van der Waals surface area (Å²) in [6, 6.07) is 17.2. The zero-order chi connectivity index (χ0) is 15.8. The van der Waals surface area contributed by atoms with Crippen molar-refractivity contribution in [2.45, 2.75) is 12.8 Å². The lowest BCUT2D eigenvalue weighted by Gasteiger charge is -2.40. The van der Waals surface area contributed by atoms with Crippen LogP contribution in [0.5, 0.6) is 0 Å². The van der Waals surface area contributed by atoms with Gasteiger partial charge in [0.2, 0.25) is 0 Å². The average Bonchev–Trinajstić information content (AvgIpc) is 3.08. The number of fused-ring (bicyclic) bond motifs is 3. The molecule has 2 aliphatic rings. The maximum atomic E-state index is 13.0. The number of hydrogen-bond donors (Lipinski definition) is 2. The highest BCUT2D eigenvalue weighted by molar-refractivity contribution is 6.02. The molecule has 0 aromatic heterocycles. The molecule has 2 heterocycles. The van der Waals surface area contributed by atoms with Gasteiger partial charge in [-0.05, 0) is 23.8 Å². The molecular weight excluding hydrogens is 290 g/mol. The molecule has 1 saturated heterocycles. The molecule has 1 fully saturated rings. The Kier molecular flexibility index (Phi) is 3.23. The van der Waals surface area contributed by atoms with Gasteiger partial charge in [-0.15, -0.1) is 0 Å². The van der Waals surface area contributed by atoms with Crippen LogP contribution in [0.25, 0.3) is 0 Å². The van der Waals surface area contributed by atoms with Crippen LogP contribution in [-0.2, 0) is 6.54 Å². The average molecular weight is 305 g/mol. The molecule has 1 unspecified atom stereocenters. The second-order valence-electron chi connectivity index (χ2n) is 5.59. The van der Waals surface area contributed by atoms with E-state index >= 15 is 0 Å².